The van der Waals surface area contributed by atoms with Gasteiger partial charge in [0.05, 0.1) is 5.88 Å². The zero-order chi connectivity index (χ0) is 20.0. The van der Waals surface area contributed by atoms with Crippen molar-refractivity contribution in [3.63, 3.8) is 0 Å². The average Bonchev–Trinajstić information content (AvgIpc) is 3.22. The van der Waals surface area contributed by atoms with Gasteiger partial charge in [0.15, 0.2) is 0 Å². The Balaban J connectivity index is 0.00000784. The van der Waals surface area contributed by atoms with Crippen LogP contribution >= 0.6 is 28.7 Å². The van der Waals surface area contributed by atoms with Gasteiger partial charge in [-0.2, -0.15) is 0 Å². The summed E-state index contributed by atoms with van der Waals surface area (Å²) in [6, 6.07) is 0. The molecule has 0 aromatic rings. The van der Waals surface area contributed by atoms with E-state index in [-0.39, 0.29) is 17.0 Å². The fraction of sp³-hybridized carbons (Fsp3) is 0.920. The van der Waals surface area contributed by atoms with Gasteiger partial charge in [0, 0.05) is 26.0 Å². The number of hydrogen-bond acceptors (Lipinski definition) is 3. The van der Waals surface area contributed by atoms with Crippen LogP contribution in [0.1, 0.15) is 122 Å². The average molecular weight is 493 g/mol. The highest BCUT2D eigenvalue weighted by atomic mass is 79.9. The Morgan fingerprint density at radius 3 is 1.55 bits per heavy atom. The van der Waals surface area contributed by atoms with Crippen molar-refractivity contribution in [2.75, 3.05) is 25.6 Å². The third-order valence-electron chi connectivity index (χ3n) is 5.73. The van der Waals surface area contributed by atoms with E-state index in [4.69, 9.17) is 4.74 Å². The highest BCUT2D eigenvalue weighted by Crippen LogP contribution is 2.15. The lowest BCUT2D eigenvalue weighted by molar-refractivity contribution is 0.125. The van der Waals surface area contributed by atoms with E-state index in [1.54, 1.807) is 0 Å². The molecule has 0 amide bonds. The van der Waals surface area contributed by atoms with E-state index < -0.39 is 0 Å². The van der Waals surface area contributed by atoms with Crippen LogP contribution in [0.15, 0.2) is 11.6 Å². The third kappa shape index (κ3) is 21.4. The van der Waals surface area contributed by atoms with Crippen molar-refractivity contribution >= 4 is 28.7 Å². The fourth-order valence-corrected chi connectivity index (χ4v) is 4.57. The number of thioether (sulfide) groups is 1. The minimum atomic E-state index is 0. The van der Waals surface area contributed by atoms with E-state index in [9.17, 15) is 0 Å². The number of hydrogen-bond donors (Lipinski definition) is 0. The first-order valence-electron chi connectivity index (χ1n) is 12.5. The van der Waals surface area contributed by atoms with Gasteiger partial charge in [0.25, 0.3) is 0 Å². The van der Waals surface area contributed by atoms with Gasteiger partial charge in [0.2, 0.25) is 0 Å². The fourth-order valence-electron chi connectivity index (χ4n) is 3.82. The molecular weight excluding hydrogens is 442 g/mol. The molecule has 0 saturated carbocycles. The summed E-state index contributed by atoms with van der Waals surface area (Å²) in [4.78, 5) is 2.39. The molecule has 0 radical (unpaired) electrons. The number of ether oxygens (including phenoxy) is 1. The molecule has 174 valence electrons. The quantitative estimate of drug-likeness (QED) is 0.140. The standard InChI is InChI=1S/C25H49NOS.BrH/c1-2-3-4-5-6-7-8-9-10-11-12-13-14-15-16-18-22-27-23-19-17-20-26-21-24-28-25-26;/h21,24H,2-20,22-23,25H2,1H3;1H. The zero-order valence-electron chi connectivity index (χ0n) is 19.4. The number of rotatable bonds is 22. The third-order valence-corrected chi connectivity index (χ3v) is 6.53. The largest absolute Gasteiger partial charge is 0.381 e. The molecular formula is C25H50BrNOS. The highest BCUT2D eigenvalue weighted by Gasteiger charge is 2.03. The van der Waals surface area contributed by atoms with Gasteiger partial charge in [-0.05, 0) is 24.7 Å². The van der Waals surface area contributed by atoms with Crippen molar-refractivity contribution in [1.29, 1.82) is 0 Å². The van der Waals surface area contributed by atoms with Crippen molar-refractivity contribution in [1.82, 2.24) is 4.90 Å². The Kier molecular flexibility index (Phi) is 24.9. The Bertz CT molecular complexity index is 341. The lowest BCUT2D eigenvalue weighted by atomic mass is 10.0. The molecule has 0 atom stereocenters. The van der Waals surface area contributed by atoms with Gasteiger partial charge < -0.3 is 9.64 Å². The number of nitrogens with zero attached hydrogens (tertiary/aromatic N) is 1. The monoisotopic (exact) mass is 491 g/mol. The van der Waals surface area contributed by atoms with Crippen molar-refractivity contribution in [3.05, 3.63) is 11.6 Å². The maximum atomic E-state index is 5.78. The molecule has 0 spiro atoms. The highest BCUT2D eigenvalue weighted by molar-refractivity contribution is 8.93. The van der Waals surface area contributed by atoms with Gasteiger partial charge in [-0.25, -0.2) is 0 Å². The van der Waals surface area contributed by atoms with Crippen LogP contribution in [0.4, 0.5) is 0 Å². The van der Waals surface area contributed by atoms with E-state index in [1.807, 2.05) is 11.8 Å². The molecule has 29 heavy (non-hydrogen) atoms. The second-order valence-corrected chi connectivity index (χ2v) is 9.38. The molecule has 0 aromatic carbocycles. The first-order valence-corrected chi connectivity index (χ1v) is 13.6. The topological polar surface area (TPSA) is 12.5 Å². The van der Waals surface area contributed by atoms with Crippen LogP contribution in [-0.4, -0.2) is 30.5 Å². The smallest absolute Gasteiger partial charge is 0.0675 e. The number of unbranched alkanes of at least 4 members (excludes halogenated alkanes) is 16. The molecule has 1 heterocycles. The Labute approximate surface area is 197 Å². The van der Waals surface area contributed by atoms with E-state index >= 15 is 0 Å². The molecule has 0 N–H and O–H groups in total. The SMILES string of the molecule is Br.CCCCCCCCCCCCCCCCCCOCCCCN1C=CSC1. The Morgan fingerprint density at radius 1 is 0.655 bits per heavy atom. The molecule has 0 aliphatic carbocycles. The summed E-state index contributed by atoms with van der Waals surface area (Å²) < 4.78 is 5.78. The molecule has 0 fully saturated rings. The van der Waals surface area contributed by atoms with Gasteiger partial charge in [-0.1, -0.05) is 103 Å². The van der Waals surface area contributed by atoms with Crippen molar-refractivity contribution < 1.29 is 4.74 Å². The predicted octanol–water partition coefficient (Wildman–Crippen LogP) is 9.10. The molecule has 0 aromatic heterocycles. The molecule has 2 nitrogen and oxygen atoms in total. The van der Waals surface area contributed by atoms with Gasteiger partial charge >= 0.3 is 0 Å². The van der Waals surface area contributed by atoms with Gasteiger partial charge in [-0.3, -0.25) is 0 Å². The van der Waals surface area contributed by atoms with Crippen LogP contribution < -0.4 is 0 Å². The summed E-state index contributed by atoms with van der Waals surface area (Å²) in [5.74, 6) is 1.14. The minimum absolute atomic E-state index is 0. The Hall–Kier alpha value is 0.330. The first kappa shape index (κ1) is 29.3. The van der Waals surface area contributed by atoms with Crippen molar-refractivity contribution in [3.8, 4) is 0 Å². The van der Waals surface area contributed by atoms with E-state index in [0.717, 1.165) is 19.1 Å². The molecule has 1 aliphatic rings. The van der Waals surface area contributed by atoms with Crippen LogP contribution in [0, 0.1) is 0 Å². The summed E-state index contributed by atoms with van der Waals surface area (Å²) >= 11 is 1.89. The molecule has 1 rings (SSSR count). The summed E-state index contributed by atoms with van der Waals surface area (Å²) in [5, 5.41) is 2.19. The second kappa shape index (κ2) is 24.6. The zero-order valence-corrected chi connectivity index (χ0v) is 21.9. The van der Waals surface area contributed by atoms with Crippen LogP contribution in [0.3, 0.4) is 0 Å². The van der Waals surface area contributed by atoms with Crippen molar-refractivity contribution in [2.24, 2.45) is 0 Å². The maximum Gasteiger partial charge on any atom is 0.0675 e. The van der Waals surface area contributed by atoms with Crippen LogP contribution in [-0.2, 0) is 4.74 Å². The molecule has 0 bridgehead atoms. The summed E-state index contributed by atoms with van der Waals surface area (Å²) in [7, 11) is 0. The number of halogens is 1. The summed E-state index contributed by atoms with van der Waals surface area (Å²) in [5.41, 5.74) is 0. The van der Waals surface area contributed by atoms with E-state index in [1.165, 1.54) is 122 Å². The lowest BCUT2D eigenvalue weighted by Crippen LogP contribution is -2.15. The second-order valence-electron chi connectivity index (χ2n) is 8.52. The summed E-state index contributed by atoms with van der Waals surface area (Å²) in [6.07, 6.45) is 27.6. The van der Waals surface area contributed by atoms with E-state index in [0.29, 0.717) is 0 Å². The van der Waals surface area contributed by atoms with Gasteiger partial charge in [-0.15, -0.1) is 28.7 Å². The van der Waals surface area contributed by atoms with Crippen LogP contribution in [0.5, 0.6) is 0 Å². The predicted molar refractivity (Wildman–Crippen MR) is 138 cm³/mol. The minimum Gasteiger partial charge on any atom is -0.381 e. The van der Waals surface area contributed by atoms with Crippen LogP contribution in [0.2, 0.25) is 0 Å². The summed E-state index contributed by atoms with van der Waals surface area (Å²) in [6.45, 7) is 5.40. The molecule has 0 unspecified atom stereocenters. The Morgan fingerprint density at radius 2 is 1.10 bits per heavy atom. The molecule has 0 saturated heterocycles. The molecule has 1 aliphatic heterocycles. The van der Waals surface area contributed by atoms with Gasteiger partial charge in [0.1, 0.15) is 0 Å². The van der Waals surface area contributed by atoms with Crippen molar-refractivity contribution in [2.45, 2.75) is 122 Å². The van der Waals surface area contributed by atoms with Crippen LogP contribution in [0.25, 0.3) is 0 Å². The first-order chi connectivity index (χ1) is 13.9. The normalized spacial score (nSPS) is 13.2. The molecule has 4 heteroatoms. The maximum absolute atomic E-state index is 5.78. The lowest BCUT2D eigenvalue weighted by Gasteiger charge is -2.13. The van der Waals surface area contributed by atoms with E-state index in [2.05, 4.69) is 23.4 Å².